The highest BCUT2D eigenvalue weighted by molar-refractivity contribution is 9.10. The molecule has 0 bridgehead atoms. The Morgan fingerprint density at radius 3 is 2.53 bits per heavy atom. The number of methoxy groups -OCH3 is 1. The second-order valence-corrected chi connectivity index (χ2v) is 9.13. The Bertz CT molecular complexity index is 1210. The van der Waals surface area contributed by atoms with Crippen molar-refractivity contribution in [2.45, 2.75) is 6.61 Å². The number of anilines is 1. The van der Waals surface area contributed by atoms with E-state index in [4.69, 9.17) is 21.1 Å². The molecule has 1 heterocycles. The SMILES string of the molecule is COc1ccccc1N1C(=O)S/C(=C\c2cc(Br)ccc2OCc2ccc(Cl)cc2)C1=O. The number of para-hydroxylation sites is 2. The van der Waals surface area contributed by atoms with Gasteiger partial charge in [-0.3, -0.25) is 9.59 Å². The fourth-order valence-corrected chi connectivity index (χ4v) is 4.47. The van der Waals surface area contributed by atoms with Crippen LogP contribution in [0.2, 0.25) is 5.02 Å². The maximum Gasteiger partial charge on any atom is 0.298 e. The third-order valence-corrected chi connectivity index (χ3v) is 6.30. The molecule has 0 unspecified atom stereocenters. The van der Waals surface area contributed by atoms with Crippen LogP contribution in [0.5, 0.6) is 11.5 Å². The van der Waals surface area contributed by atoms with Crippen molar-refractivity contribution in [3.63, 3.8) is 0 Å². The van der Waals surface area contributed by atoms with E-state index in [0.29, 0.717) is 39.3 Å². The monoisotopic (exact) mass is 529 g/mol. The average Bonchev–Trinajstić information content (AvgIpc) is 3.07. The molecule has 4 rings (SSSR count). The molecule has 1 saturated heterocycles. The molecular weight excluding hydrogens is 514 g/mol. The summed E-state index contributed by atoms with van der Waals surface area (Å²) in [6, 6.07) is 19.8. The first-order valence-corrected chi connectivity index (χ1v) is 11.5. The molecule has 3 aromatic carbocycles. The van der Waals surface area contributed by atoms with Crippen LogP contribution in [0.4, 0.5) is 10.5 Å². The third kappa shape index (κ3) is 4.85. The summed E-state index contributed by atoms with van der Waals surface area (Å²) in [4.78, 5) is 27.2. The number of benzene rings is 3. The van der Waals surface area contributed by atoms with E-state index in [9.17, 15) is 9.59 Å². The molecule has 0 N–H and O–H groups in total. The maximum atomic E-state index is 13.1. The first-order valence-electron chi connectivity index (χ1n) is 9.54. The van der Waals surface area contributed by atoms with Gasteiger partial charge in [0.05, 0.1) is 17.7 Å². The number of amides is 2. The molecule has 1 aliphatic heterocycles. The zero-order chi connectivity index (χ0) is 22.7. The number of thioether (sulfide) groups is 1. The fraction of sp³-hybridized carbons (Fsp3) is 0.0833. The van der Waals surface area contributed by atoms with Gasteiger partial charge in [0.1, 0.15) is 18.1 Å². The number of hydrogen-bond donors (Lipinski definition) is 0. The fourth-order valence-electron chi connectivity index (χ4n) is 3.14. The topological polar surface area (TPSA) is 55.8 Å². The molecule has 3 aromatic rings. The minimum atomic E-state index is -0.409. The normalized spacial score (nSPS) is 14.8. The highest BCUT2D eigenvalue weighted by Gasteiger charge is 2.37. The van der Waals surface area contributed by atoms with E-state index in [1.165, 1.54) is 7.11 Å². The molecule has 0 spiro atoms. The molecule has 1 aliphatic rings. The molecule has 0 saturated carbocycles. The van der Waals surface area contributed by atoms with Crippen LogP contribution in [0.3, 0.4) is 0 Å². The van der Waals surface area contributed by atoms with Crippen LogP contribution in [0, 0.1) is 0 Å². The maximum absolute atomic E-state index is 13.1. The summed E-state index contributed by atoms with van der Waals surface area (Å²) in [5.41, 5.74) is 2.05. The molecule has 0 aliphatic carbocycles. The molecular formula is C24H17BrClNO4S. The zero-order valence-corrected chi connectivity index (χ0v) is 20.0. The molecule has 0 aromatic heterocycles. The summed E-state index contributed by atoms with van der Waals surface area (Å²) in [5.74, 6) is 0.630. The van der Waals surface area contributed by atoms with E-state index in [1.54, 1.807) is 42.5 Å². The van der Waals surface area contributed by atoms with Gasteiger partial charge in [0.15, 0.2) is 0 Å². The Labute approximate surface area is 203 Å². The van der Waals surface area contributed by atoms with Gasteiger partial charge >= 0.3 is 0 Å². The molecule has 5 nitrogen and oxygen atoms in total. The molecule has 0 radical (unpaired) electrons. The van der Waals surface area contributed by atoms with Gasteiger partial charge in [0.2, 0.25) is 0 Å². The van der Waals surface area contributed by atoms with Crippen molar-refractivity contribution in [3.05, 3.63) is 92.3 Å². The lowest BCUT2D eigenvalue weighted by Crippen LogP contribution is -2.28. The van der Waals surface area contributed by atoms with E-state index < -0.39 is 5.91 Å². The highest BCUT2D eigenvalue weighted by Crippen LogP contribution is 2.40. The lowest BCUT2D eigenvalue weighted by Gasteiger charge is -2.15. The smallest absolute Gasteiger partial charge is 0.298 e. The second kappa shape index (κ2) is 9.81. The van der Waals surface area contributed by atoms with Crippen LogP contribution >= 0.6 is 39.3 Å². The Hall–Kier alpha value is -2.74. The first kappa shape index (κ1) is 22.5. The van der Waals surface area contributed by atoms with E-state index in [1.807, 2.05) is 30.3 Å². The van der Waals surface area contributed by atoms with Crippen molar-refractivity contribution >= 4 is 62.2 Å². The summed E-state index contributed by atoms with van der Waals surface area (Å²) in [6.07, 6.45) is 1.67. The average molecular weight is 531 g/mol. The number of hydrogen-bond acceptors (Lipinski definition) is 5. The van der Waals surface area contributed by atoms with E-state index in [2.05, 4.69) is 15.9 Å². The molecule has 2 amide bonds. The van der Waals surface area contributed by atoms with E-state index in [-0.39, 0.29) is 5.24 Å². The van der Waals surface area contributed by atoms with E-state index in [0.717, 1.165) is 26.7 Å². The Morgan fingerprint density at radius 1 is 1.03 bits per heavy atom. The predicted octanol–water partition coefficient (Wildman–Crippen LogP) is 6.93. The largest absolute Gasteiger partial charge is 0.495 e. The van der Waals surface area contributed by atoms with Gasteiger partial charge in [0, 0.05) is 15.1 Å². The molecule has 0 atom stereocenters. The number of imide groups is 1. The van der Waals surface area contributed by atoms with Crippen LogP contribution in [-0.2, 0) is 11.4 Å². The van der Waals surface area contributed by atoms with Crippen molar-refractivity contribution < 1.29 is 19.1 Å². The standard InChI is InChI=1S/C24H17BrClNO4S/c1-30-21-5-3-2-4-19(21)27-23(28)22(32-24(27)29)13-16-12-17(25)8-11-20(16)31-14-15-6-9-18(26)10-7-15/h2-13H,14H2,1H3/b22-13-. The quantitative estimate of drug-likeness (QED) is 0.323. The van der Waals surface area contributed by atoms with Gasteiger partial charge in [-0.05, 0) is 65.9 Å². The zero-order valence-electron chi connectivity index (χ0n) is 16.9. The van der Waals surface area contributed by atoms with Gasteiger partial charge in [-0.2, -0.15) is 0 Å². The minimum absolute atomic E-state index is 0.301. The number of ether oxygens (including phenoxy) is 2. The summed E-state index contributed by atoms with van der Waals surface area (Å²) >= 11 is 10.3. The van der Waals surface area contributed by atoms with Crippen LogP contribution in [0.1, 0.15) is 11.1 Å². The number of carbonyl (C=O) groups is 2. The number of rotatable bonds is 6. The summed E-state index contributed by atoms with van der Waals surface area (Å²) in [6.45, 7) is 0.336. The number of carbonyl (C=O) groups excluding carboxylic acids is 2. The van der Waals surface area contributed by atoms with Crippen molar-refractivity contribution in [3.8, 4) is 11.5 Å². The minimum Gasteiger partial charge on any atom is -0.495 e. The lowest BCUT2D eigenvalue weighted by molar-refractivity contribution is -0.113. The van der Waals surface area contributed by atoms with Gasteiger partial charge in [-0.25, -0.2) is 4.90 Å². The molecule has 8 heteroatoms. The Morgan fingerprint density at radius 2 is 1.78 bits per heavy atom. The number of halogens is 2. The van der Waals surface area contributed by atoms with Crippen molar-refractivity contribution in [2.75, 3.05) is 12.0 Å². The van der Waals surface area contributed by atoms with Crippen LogP contribution in [-0.4, -0.2) is 18.3 Å². The Kier molecular flexibility index (Phi) is 6.89. The molecule has 32 heavy (non-hydrogen) atoms. The lowest BCUT2D eigenvalue weighted by atomic mass is 10.1. The van der Waals surface area contributed by atoms with Crippen LogP contribution in [0.25, 0.3) is 6.08 Å². The van der Waals surface area contributed by atoms with Crippen LogP contribution in [0.15, 0.2) is 76.1 Å². The van der Waals surface area contributed by atoms with Gasteiger partial charge in [-0.15, -0.1) is 0 Å². The van der Waals surface area contributed by atoms with Crippen LogP contribution < -0.4 is 14.4 Å². The van der Waals surface area contributed by atoms with Gasteiger partial charge in [-0.1, -0.05) is 51.8 Å². The predicted molar refractivity (Wildman–Crippen MR) is 131 cm³/mol. The summed E-state index contributed by atoms with van der Waals surface area (Å²) in [7, 11) is 1.50. The van der Waals surface area contributed by atoms with Gasteiger partial charge < -0.3 is 9.47 Å². The summed E-state index contributed by atoms with van der Waals surface area (Å²) in [5, 5.41) is 0.272. The summed E-state index contributed by atoms with van der Waals surface area (Å²) < 4.78 is 12.1. The van der Waals surface area contributed by atoms with E-state index >= 15 is 0 Å². The second-order valence-electron chi connectivity index (χ2n) is 6.79. The molecule has 162 valence electrons. The first-order chi connectivity index (χ1) is 15.5. The van der Waals surface area contributed by atoms with Crippen molar-refractivity contribution in [1.29, 1.82) is 0 Å². The van der Waals surface area contributed by atoms with Gasteiger partial charge in [0.25, 0.3) is 11.1 Å². The van der Waals surface area contributed by atoms with Crippen molar-refractivity contribution in [2.24, 2.45) is 0 Å². The van der Waals surface area contributed by atoms with Crippen molar-refractivity contribution in [1.82, 2.24) is 0 Å². The third-order valence-electron chi connectivity index (χ3n) is 4.69. The number of nitrogens with zero attached hydrogens (tertiary/aromatic N) is 1. The Balaban J connectivity index is 1.62. The molecule has 1 fully saturated rings. The highest BCUT2D eigenvalue weighted by atomic mass is 79.9.